The highest BCUT2D eigenvalue weighted by Gasteiger charge is 2.08. The summed E-state index contributed by atoms with van der Waals surface area (Å²) in [5.74, 6) is -0.305. The molecule has 0 heterocycles. The summed E-state index contributed by atoms with van der Waals surface area (Å²) in [6, 6.07) is 4.42. The lowest BCUT2D eigenvalue weighted by Crippen LogP contribution is -2.15. The number of allylic oxidation sites excluding steroid dienone is 1. The molecule has 0 atom stereocenters. The van der Waals surface area contributed by atoms with Crippen LogP contribution in [0.15, 0.2) is 30.5 Å². The Morgan fingerprint density at radius 3 is 2.65 bits per heavy atom. The van der Waals surface area contributed by atoms with Crippen LogP contribution in [0.2, 0.25) is 5.02 Å². The third kappa shape index (κ3) is 3.79. The molecule has 0 aromatic heterocycles. The van der Waals surface area contributed by atoms with E-state index < -0.39 is 0 Å². The quantitative estimate of drug-likeness (QED) is 0.648. The van der Waals surface area contributed by atoms with Gasteiger partial charge in [0.15, 0.2) is 5.78 Å². The fourth-order valence-electron chi connectivity index (χ4n) is 1.40. The number of rotatable bonds is 5. The number of ketones is 1. The maximum absolute atomic E-state index is 11.8. The molecule has 0 aliphatic carbocycles. The van der Waals surface area contributed by atoms with Crippen molar-refractivity contribution in [1.82, 2.24) is 4.90 Å². The predicted molar refractivity (Wildman–Crippen MR) is 69.5 cm³/mol. The molecule has 0 radical (unpaired) electrons. The zero-order chi connectivity index (χ0) is 12.8. The van der Waals surface area contributed by atoms with Crippen LogP contribution in [-0.4, -0.2) is 28.9 Å². The molecule has 1 aromatic carbocycles. The molecule has 92 valence electrons. The first-order valence-corrected chi connectivity index (χ1v) is 5.91. The summed E-state index contributed by atoms with van der Waals surface area (Å²) in [6.45, 7) is 5.69. The second kappa shape index (κ2) is 6.30. The molecule has 0 spiro atoms. The van der Waals surface area contributed by atoms with E-state index >= 15 is 0 Å². The Labute approximate surface area is 106 Å². The van der Waals surface area contributed by atoms with Crippen LogP contribution in [0.25, 0.3) is 0 Å². The number of phenolic OH excluding ortho intramolecular Hbond substituents is 1. The van der Waals surface area contributed by atoms with Gasteiger partial charge in [-0.15, -0.1) is 0 Å². The first kappa shape index (κ1) is 13.6. The van der Waals surface area contributed by atoms with Crippen LogP contribution in [0, 0.1) is 0 Å². The monoisotopic (exact) mass is 253 g/mol. The van der Waals surface area contributed by atoms with Crippen molar-refractivity contribution in [2.75, 3.05) is 13.1 Å². The Morgan fingerprint density at radius 1 is 1.41 bits per heavy atom. The van der Waals surface area contributed by atoms with Gasteiger partial charge in [-0.1, -0.05) is 11.6 Å². The minimum atomic E-state index is -0.253. The summed E-state index contributed by atoms with van der Waals surface area (Å²) in [7, 11) is 0. The fraction of sp³-hybridized carbons (Fsp3) is 0.308. The number of hydrogen-bond acceptors (Lipinski definition) is 3. The van der Waals surface area contributed by atoms with Crippen molar-refractivity contribution in [2.45, 2.75) is 13.8 Å². The SMILES string of the molecule is CCN(/C=C/C(=O)c1cc(Cl)ccc1O)CC. The first-order valence-electron chi connectivity index (χ1n) is 5.53. The van der Waals surface area contributed by atoms with Crippen molar-refractivity contribution in [3.63, 3.8) is 0 Å². The van der Waals surface area contributed by atoms with Gasteiger partial charge in [0.2, 0.25) is 0 Å². The Morgan fingerprint density at radius 2 is 2.06 bits per heavy atom. The first-order chi connectivity index (χ1) is 8.08. The summed E-state index contributed by atoms with van der Waals surface area (Å²) in [4.78, 5) is 13.8. The third-order valence-corrected chi connectivity index (χ3v) is 2.71. The van der Waals surface area contributed by atoms with Crippen LogP contribution in [0.1, 0.15) is 24.2 Å². The maximum atomic E-state index is 11.8. The van der Waals surface area contributed by atoms with Crippen molar-refractivity contribution in [3.05, 3.63) is 41.1 Å². The van der Waals surface area contributed by atoms with Crippen molar-refractivity contribution in [3.8, 4) is 5.75 Å². The zero-order valence-corrected chi connectivity index (χ0v) is 10.7. The van der Waals surface area contributed by atoms with Gasteiger partial charge >= 0.3 is 0 Å². The summed E-state index contributed by atoms with van der Waals surface area (Å²) in [5.41, 5.74) is 0.223. The van der Waals surface area contributed by atoms with E-state index in [1.807, 2.05) is 18.7 Å². The van der Waals surface area contributed by atoms with Gasteiger partial charge < -0.3 is 10.0 Å². The van der Waals surface area contributed by atoms with Gasteiger partial charge in [0.25, 0.3) is 0 Å². The van der Waals surface area contributed by atoms with E-state index in [-0.39, 0.29) is 17.1 Å². The molecule has 17 heavy (non-hydrogen) atoms. The molecule has 0 saturated heterocycles. The van der Waals surface area contributed by atoms with Crippen LogP contribution in [0.3, 0.4) is 0 Å². The van der Waals surface area contributed by atoms with Crippen LogP contribution in [0.4, 0.5) is 0 Å². The lowest BCUT2D eigenvalue weighted by molar-refractivity contribution is 0.104. The van der Waals surface area contributed by atoms with Gasteiger partial charge in [-0.3, -0.25) is 4.79 Å². The van der Waals surface area contributed by atoms with Crippen LogP contribution >= 0.6 is 11.6 Å². The molecule has 1 N–H and O–H groups in total. The van der Waals surface area contributed by atoms with Crippen molar-refractivity contribution in [1.29, 1.82) is 0 Å². The number of halogens is 1. The normalized spacial score (nSPS) is 10.8. The molecule has 0 fully saturated rings. The lowest BCUT2D eigenvalue weighted by atomic mass is 10.1. The highest BCUT2D eigenvalue weighted by atomic mass is 35.5. The summed E-state index contributed by atoms with van der Waals surface area (Å²) in [6.07, 6.45) is 3.17. The number of aromatic hydroxyl groups is 1. The van der Waals surface area contributed by atoms with Gasteiger partial charge in [-0.25, -0.2) is 0 Å². The Bertz CT molecular complexity index is 425. The molecular formula is C13H16ClNO2. The van der Waals surface area contributed by atoms with E-state index in [2.05, 4.69) is 0 Å². The highest BCUT2D eigenvalue weighted by Crippen LogP contribution is 2.22. The number of benzene rings is 1. The average molecular weight is 254 g/mol. The van der Waals surface area contributed by atoms with Gasteiger partial charge in [0.05, 0.1) is 5.56 Å². The molecule has 0 saturated carbocycles. The van der Waals surface area contributed by atoms with E-state index in [1.54, 1.807) is 12.3 Å². The van der Waals surface area contributed by atoms with E-state index in [1.165, 1.54) is 18.2 Å². The zero-order valence-electron chi connectivity index (χ0n) is 9.98. The number of phenols is 1. The molecular weight excluding hydrogens is 238 g/mol. The van der Waals surface area contributed by atoms with Crippen LogP contribution in [0.5, 0.6) is 5.75 Å². The summed E-state index contributed by atoms with van der Waals surface area (Å²) < 4.78 is 0. The molecule has 0 bridgehead atoms. The molecule has 4 heteroatoms. The van der Waals surface area contributed by atoms with Gasteiger partial charge in [-0.05, 0) is 32.0 Å². The second-order valence-electron chi connectivity index (χ2n) is 3.56. The van der Waals surface area contributed by atoms with E-state index in [9.17, 15) is 9.90 Å². The minimum absolute atomic E-state index is 0.0522. The molecule has 1 rings (SSSR count). The molecule has 0 amide bonds. The Kier molecular flexibility index (Phi) is 5.04. The minimum Gasteiger partial charge on any atom is -0.507 e. The van der Waals surface area contributed by atoms with E-state index in [0.717, 1.165) is 13.1 Å². The smallest absolute Gasteiger partial charge is 0.191 e. The third-order valence-electron chi connectivity index (χ3n) is 2.47. The highest BCUT2D eigenvalue weighted by molar-refractivity contribution is 6.31. The average Bonchev–Trinajstić information content (AvgIpc) is 2.33. The van der Waals surface area contributed by atoms with E-state index in [0.29, 0.717) is 5.02 Å². The molecule has 3 nitrogen and oxygen atoms in total. The van der Waals surface area contributed by atoms with Gasteiger partial charge in [0.1, 0.15) is 5.75 Å². The molecule has 0 aliphatic rings. The van der Waals surface area contributed by atoms with E-state index in [4.69, 9.17) is 11.6 Å². The Hall–Kier alpha value is -1.48. The predicted octanol–water partition coefficient (Wildman–Crippen LogP) is 3.08. The van der Waals surface area contributed by atoms with Crippen molar-refractivity contribution >= 4 is 17.4 Å². The number of carbonyl (C=O) groups is 1. The van der Waals surface area contributed by atoms with Crippen LogP contribution in [-0.2, 0) is 0 Å². The molecule has 0 aliphatic heterocycles. The van der Waals surface area contributed by atoms with Gasteiger partial charge in [-0.2, -0.15) is 0 Å². The van der Waals surface area contributed by atoms with Crippen LogP contribution < -0.4 is 0 Å². The topological polar surface area (TPSA) is 40.5 Å². The number of hydrogen-bond donors (Lipinski definition) is 1. The lowest BCUT2D eigenvalue weighted by Gasteiger charge is -2.14. The largest absolute Gasteiger partial charge is 0.507 e. The number of carbonyl (C=O) groups excluding carboxylic acids is 1. The second-order valence-corrected chi connectivity index (χ2v) is 4.00. The molecule has 0 unspecified atom stereocenters. The van der Waals surface area contributed by atoms with Crippen molar-refractivity contribution in [2.24, 2.45) is 0 Å². The molecule has 1 aromatic rings. The van der Waals surface area contributed by atoms with Gasteiger partial charge in [0, 0.05) is 30.4 Å². The standard InChI is InChI=1S/C13H16ClNO2/c1-3-15(4-2)8-7-13(17)11-9-10(14)5-6-12(11)16/h5-9,16H,3-4H2,1-2H3/b8-7+. The Balaban J connectivity index is 2.86. The maximum Gasteiger partial charge on any atom is 0.191 e. The van der Waals surface area contributed by atoms with Crippen molar-refractivity contribution < 1.29 is 9.90 Å². The number of nitrogens with zero attached hydrogens (tertiary/aromatic N) is 1. The summed E-state index contributed by atoms with van der Waals surface area (Å²) >= 11 is 5.78. The summed E-state index contributed by atoms with van der Waals surface area (Å²) in [5, 5.41) is 9.99. The fourth-order valence-corrected chi connectivity index (χ4v) is 1.58.